The summed E-state index contributed by atoms with van der Waals surface area (Å²) in [6.45, 7) is 2.44. The molecule has 2 heterocycles. The number of aliphatic hydroxyl groups is 1. The number of carbonyl (C=O) groups excluding carboxylic acids is 2. The van der Waals surface area contributed by atoms with E-state index in [1.165, 1.54) is 25.3 Å². The van der Waals surface area contributed by atoms with E-state index in [4.69, 9.17) is 0 Å². The number of aromatic nitrogens is 2. The number of aryl methyl sites for hydroxylation is 1. The lowest BCUT2D eigenvalue weighted by atomic mass is 10.0. The molecule has 1 amide bonds. The van der Waals surface area contributed by atoms with Crippen LogP contribution in [0, 0.1) is 6.92 Å². The Balaban J connectivity index is 1.56. The second-order valence-electron chi connectivity index (χ2n) is 8.45. The van der Waals surface area contributed by atoms with Gasteiger partial charge in [0.05, 0.1) is 43.1 Å². The minimum atomic E-state index is -4.45. The van der Waals surface area contributed by atoms with Gasteiger partial charge in [0, 0.05) is 13.1 Å². The molecule has 0 bridgehead atoms. The number of rotatable bonds is 7. The minimum absolute atomic E-state index is 0.174. The van der Waals surface area contributed by atoms with E-state index in [0.717, 1.165) is 12.1 Å². The number of nitrogens with zero attached hydrogens (tertiary/aromatic N) is 3. The maximum atomic E-state index is 13.3. The van der Waals surface area contributed by atoms with Crippen LogP contribution in [0.15, 0.2) is 48.5 Å². The number of hydrogen-bond donors (Lipinski definition) is 2. The topological polar surface area (TPSA) is 96.7 Å². The number of amides is 1. The second-order valence-corrected chi connectivity index (χ2v) is 8.45. The molecule has 0 radical (unpaired) electrons. The van der Waals surface area contributed by atoms with Crippen LogP contribution in [0.5, 0.6) is 0 Å². The lowest BCUT2D eigenvalue weighted by Crippen LogP contribution is -2.32. The second kappa shape index (κ2) is 10.0. The van der Waals surface area contributed by atoms with Gasteiger partial charge in [0.2, 0.25) is 0 Å². The van der Waals surface area contributed by atoms with Crippen LogP contribution in [0.25, 0.3) is 0 Å². The predicted octanol–water partition coefficient (Wildman–Crippen LogP) is 3.48. The van der Waals surface area contributed by atoms with E-state index in [2.05, 4.69) is 15.2 Å². The molecule has 1 aliphatic heterocycles. The van der Waals surface area contributed by atoms with E-state index in [1.54, 1.807) is 29.8 Å². The fourth-order valence-electron chi connectivity index (χ4n) is 4.29. The van der Waals surface area contributed by atoms with Gasteiger partial charge >= 0.3 is 12.1 Å². The van der Waals surface area contributed by atoms with Gasteiger partial charge in [0.25, 0.3) is 5.91 Å². The van der Waals surface area contributed by atoms with Gasteiger partial charge in [0.15, 0.2) is 0 Å². The highest BCUT2D eigenvalue weighted by atomic mass is 19.4. The van der Waals surface area contributed by atoms with E-state index in [1.807, 2.05) is 4.90 Å². The lowest BCUT2D eigenvalue weighted by Gasteiger charge is -2.21. The molecule has 0 unspecified atom stereocenters. The summed E-state index contributed by atoms with van der Waals surface area (Å²) in [6, 6.07) is 10.6. The summed E-state index contributed by atoms with van der Waals surface area (Å²) >= 11 is 0. The Morgan fingerprint density at radius 3 is 2.53 bits per heavy atom. The lowest BCUT2D eigenvalue weighted by molar-refractivity contribution is -0.137. The molecule has 4 rings (SSSR count). The molecular weight excluding hydrogens is 477 g/mol. The van der Waals surface area contributed by atoms with E-state index < -0.39 is 29.7 Å². The Bertz CT molecular complexity index is 1270. The summed E-state index contributed by atoms with van der Waals surface area (Å²) < 4.78 is 45.8. The number of esters is 1. The number of hydrogen-bond acceptors (Lipinski definition) is 6. The van der Waals surface area contributed by atoms with Crippen LogP contribution in [0.4, 0.5) is 19.0 Å². The molecule has 0 spiro atoms. The SMILES string of the molecule is COC(=O)c1ccc([C@H](CO)NC(=O)c2c(C)nn3c2N(Cc2cccc(C(F)(F)F)c2)CC3)cc1. The molecule has 0 saturated heterocycles. The fraction of sp³-hybridized carbons (Fsp3) is 0.320. The first kappa shape index (κ1) is 25.2. The Hall–Kier alpha value is -3.86. The van der Waals surface area contributed by atoms with Crippen molar-refractivity contribution in [1.82, 2.24) is 15.1 Å². The first-order valence-electron chi connectivity index (χ1n) is 11.2. The Labute approximate surface area is 205 Å². The standard InChI is InChI=1S/C25H25F3N4O4/c1-15-21(22(34)29-20(14-33)17-6-8-18(9-7-17)24(35)36-2)23-31(10-11-32(23)30-15)13-16-4-3-5-19(12-16)25(26,27)28/h3-9,12,20,33H,10-11,13-14H2,1-2H3,(H,29,34)/t20-/m0/s1. The maximum absolute atomic E-state index is 13.3. The van der Waals surface area contributed by atoms with E-state index in [-0.39, 0.29) is 13.2 Å². The van der Waals surface area contributed by atoms with Gasteiger partial charge < -0.3 is 20.1 Å². The molecule has 8 nitrogen and oxygen atoms in total. The third-order valence-electron chi connectivity index (χ3n) is 6.06. The number of aliphatic hydroxyl groups excluding tert-OH is 1. The van der Waals surface area contributed by atoms with Crippen LogP contribution in [-0.2, 0) is 24.0 Å². The average Bonchev–Trinajstić information content (AvgIpc) is 3.39. The van der Waals surface area contributed by atoms with E-state index in [0.29, 0.717) is 46.9 Å². The van der Waals surface area contributed by atoms with Gasteiger partial charge in [-0.1, -0.05) is 24.3 Å². The summed E-state index contributed by atoms with van der Waals surface area (Å²) in [6.07, 6.45) is -4.45. The summed E-state index contributed by atoms with van der Waals surface area (Å²) in [5.74, 6) is -0.459. The smallest absolute Gasteiger partial charge is 0.416 e. The third-order valence-corrected chi connectivity index (χ3v) is 6.06. The van der Waals surface area contributed by atoms with Gasteiger partial charge in [-0.2, -0.15) is 18.3 Å². The maximum Gasteiger partial charge on any atom is 0.416 e. The fourth-order valence-corrected chi connectivity index (χ4v) is 4.29. The zero-order valence-electron chi connectivity index (χ0n) is 19.7. The van der Waals surface area contributed by atoms with Gasteiger partial charge in [-0.25, -0.2) is 9.48 Å². The summed E-state index contributed by atoms with van der Waals surface area (Å²) in [5, 5.41) is 17.1. The van der Waals surface area contributed by atoms with Crippen molar-refractivity contribution in [2.45, 2.75) is 32.2 Å². The molecule has 0 fully saturated rings. The first-order valence-corrected chi connectivity index (χ1v) is 11.2. The number of fused-ring (bicyclic) bond motifs is 1. The van der Waals surface area contributed by atoms with Crippen LogP contribution >= 0.6 is 0 Å². The van der Waals surface area contributed by atoms with Crippen molar-refractivity contribution >= 4 is 17.7 Å². The summed E-state index contributed by atoms with van der Waals surface area (Å²) in [4.78, 5) is 26.8. The quantitative estimate of drug-likeness (QED) is 0.481. The number of methoxy groups -OCH3 is 1. The molecule has 1 aromatic heterocycles. The number of nitrogens with one attached hydrogen (secondary N) is 1. The molecular formula is C25H25F3N4O4. The molecule has 0 aliphatic carbocycles. The molecule has 1 aliphatic rings. The van der Waals surface area contributed by atoms with E-state index in [9.17, 15) is 27.9 Å². The molecule has 1 atom stereocenters. The summed E-state index contributed by atoms with van der Waals surface area (Å²) in [5.41, 5.74) is 1.41. The van der Waals surface area contributed by atoms with Crippen LogP contribution in [0.3, 0.4) is 0 Å². The molecule has 11 heteroatoms. The van der Waals surface area contributed by atoms with Gasteiger partial charge in [-0.15, -0.1) is 0 Å². The largest absolute Gasteiger partial charge is 0.465 e. The predicted molar refractivity (Wildman–Crippen MR) is 125 cm³/mol. The first-order chi connectivity index (χ1) is 17.1. The van der Waals surface area contributed by atoms with Crippen LogP contribution in [0.1, 0.15) is 49.1 Å². The van der Waals surface area contributed by atoms with Crippen molar-refractivity contribution in [2.75, 3.05) is 25.2 Å². The number of halogens is 3. The molecule has 0 saturated carbocycles. The Morgan fingerprint density at radius 2 is 1.89 bits per heavy atom. The highest BCUT2D eigenvalue weighted by Gasteiger charge is 2.33. The van der Waals surface area contributed by atoms with Crippen molar-refractivity contribution in [1.29, 1.82) is 0 Å². The zero-order valence-corrected chi connectivity index (χ0v) is 19.7. The zero-order chi connectivity index (χ0) is 26.0. The van der Waals surface area contributed by atoms with Crippen molar-refractivity contribution < 1.29 is 32.6 Å². The number of ether oxygens (including phenoxy) is 1. The number of alkyl halides is 3. The van der Waals surface area contributed by atoms with Gasteiger partial charge in [0.1, 0.15) is 11.4 Å². The number of benzene rings is 2. The highest BCUT2D eigenvalue weighted by Crippen LogP contribution is 2.33. The van der Waals surface area contributed by atoms with E-state index >= 15 is 0 Å². The van der Waals surface area contributed by atoms with Crippen molar-refractivity contribution in [3.05, 3.63) is 82.0 Å². The molecule has 2 aromatic carbocycles. The van der Waals surface area contributed by atoms with Crippen LogP contribution < -0.4 is 10.2 Å². The molecule has 36 heavy (non-hydrogen) atoms. The van der Waals surface area contributed by atoms with Gasteiger partial charge in [-0.3, -0.25) is 4.79 Å². The molecule has 2 N–H and O–H groups in total. The van der Waals surface area contributed by atoms with Crippen molar-refractivity contribution in [3.8, 4) is 0 Å². The van der Waals surface area contributed by atoms with Crippen LogP contribution in [0.2, 0.25) is 0 Å². The summed E-state index contributed by atoms with van der Waals surface area (Å²) in [7, 11) is 1.27. The Kier molecular flexibility index (Phi) is 7.02. The van der Waals surface area contributed by atoms with Crippen molar-refractivity contribution in [3.63, 3.8) is 0 Å². The Morgan fingerprint density at radius 1 is 1.17 bits per heavy atom. The highest BCUT2D eigenvalue weighted by molar-refractivity contribution is 6.00. The normalized spacial score (nSPS) is 13.9. The van der Waals surface area contributed by atoms with Gasteiger partial charge in [-0.05, 0) is 42.3 Å². The molecule has 3 aromatic rings. The minimum Gasteiger partial charge on any atom is -0.465 e. The number of anilines is 1. The van der Waals surface area contributed by atoms with Crippen LogP contribution in [-0.4, -0.2) is 47.0 Å². The number of carbonyl (C=O) groups is 2. The molecule has 190 valence electrons. The monoisotopic (exact) mass is 502 g/mol. The van der Waals surface area contributed by atoms with Crippen molar-refractivity contribution in [2.24, 2.45) is 0 Å². The third kappa shape index (κ3) is 5.06. The average molecular weight is 502 g/mol.